The van der Waals surface area contributed by atoms with Gasteiger partial charge in [-0.1, -0.05) is 0 Å². The Morgan fingerprint density at radius 2 is 1.97 bits per heavy atom. The Morgan fingerprint density at radius 1 is 1.23 bits per heavy atom. The summed E-state index contributed by atoms with van der Waals surface area (Å²) in [5, 5.41) is 0. The van der Waals surface area contributed by atoms with Crippen molar-refractivity contribution in [3.05, 3.63) is 63.1 Å². The average Bonchev–Trinajstić information content (AvgIpc) is 2.78. The number of halogens is 1. The van der Waals surface area contributed by atoms with Gasteiger partial charge in [0.2, 0.25) is 10.0 Å². The number of sulfonamides is 1. The van der Waals surface area contributed by atoms with Crippen LogP contribution in [-0.2, 0) is 23.0 Å². The molecule has 1 fully saturated rings. The maximum Gasteiger partial charge on any atom is 0.255 e. The monoisotopic (exact) mass is 448 g/mol. The fourth-order valence-corrected chi connectivity index (χ4v) is 5.27. The van der Waals surface area contributed by atoms with Crippen LogP contribution < -0.4 is 5.56 Å². The summed E-state index contributed by atoms with van der Waals surface area (Å²) in [5.41, 5.74) is 0.963. The molecule has 0 aliphatic carbocycles. The number of aromatic amines is 1. The van der Waals surface area contributed by atoms with Crippen molar-refractivity contribution in [3.8, 4) is 0 Å². The Balaban J connectivity index is 1.64. The molecule has 31 heavy (non-hydrogen) atoms. The van der Waals surface area contributed by atoms with E-state index in [0.717, 1.165) is 12.8 Å². The Morgan fingerprint density at radius 3 is 2.68 bits per heavy atom. The van der Waals surface area contributed by atoms with E-state index in [4.69, 9.17) is 0 Å². The van der Waals surface area contributed by atoms with E-state index in [0.29, 0.717) is 42.0 Å². The van der Waals surface area contributed by atoms with Gasteiger partial charge in [-0.2, -0.15) is 4.31 Å². The van der Waals surface area contributed by atoms with Gasteiger partial charge in [-0.25, -0.2) is 17.8 Å². The Hall–Kier alpha value is -2.59. The molecule has 1 aromatic carbocycles. The molecule has 166 valence electrons. The summed E-state index contributed by atoms with van der Waals surface area (Å²) in [4.78, 5) is 35.0. The summed E-state index contributed by atoms with van der Waals surface area (Å²) >= 11 is 0. The molecule has 0 radical (unpaired) electrons. The summed E-state index contributed by atoms with van der Waals surface area (Å²) in [5.74, 6) is -0.239. The van der Waals surface area contributed by atoms with Gasteiger partial charge in [0.15, 0.2) is 0 Å². The minimum Gasteiger partial charge on any atom is -0.328 e. The van der Waals surface area contributed by atoms with E-state index >= 15 is 0 Å². The lowest BCUT2D eigenvalue weighted by Gasteiger charge is -2.35. The van der Waals surface area contributed by atoms with E-state index in [2.05, 4.69) is 9.97 Å². The van der Waals surface area contributed by atoms with Crippen molar-refractivity contribution >= 4 is 15.9 Å². The number of hydrogen-bond donors (Lipinski definition) is 1. The lowest BCUT2D eigenvalue weighted by Crippen LogP contribution is -2.43. The van der Waals surface area contributed by atoms with Crippen LogP contribution in [0, 0.1) is 5.82 Å². The number of H-pyrrole nitrogens is 1. The molecule has 2 aromatic rings. The SMILES string of the molecule is CCS(=O)(=O)N1CCc2nc([C@@H]3CCCCN3C(=O)c3ccc(F)cc3)[nH]c(=O)c2C1. The molecular formula is C21H25FN4O4S. The smallest absolute Gasteiger partial charge is 0.255 e. The van der Waals surface area contributed by atoms with Crippen LogP contribution in [0.1, 0.15) is 59.7 Å². The van der Waals surface area contributed by atoms with E-state index in [1.807, 2.05) is 0 Å². The molecule has 10 heteroatoms. The molecule has 0 spiro atoms. The van der Waals surface area contributed by atoms with E-state index in [1.54, 1.807) is 11.8 Å². The summed E-state index contributed by atoms with van der Waals surface area (Å²) < 4.78 is 38.9. The van der Waals surface area contributed by atoms with Crippen molar-refractivity contribution in [1.29, 1.82) is 0 Å². The van der Waals surface area contributed by atoms with Crippen LogP contribution in [0.5, 0.6) is 0 Å². The molecule has 0 unspecified atom stereocenters. The summed E-state index contributed by atoms with van der Waals surface area (Å²) in [7, 11) is -3.39. The second kappa shape index (κ2) is 8.51. The van der Waals surface area contributed by atoms with Crippen LogP contribution in [0.4, 0.5) is 4.39 Å². The standard InChI is InChI=1S/C21H25FN4O4S/c1-2-31(29,30)25-12-10-17-16(13-25)20(27)24-19(23-17)18-5-3-4-11-26(18)21(28)14-6-8-15(22)9-7-14/h6-9,18H,2-5,10-13H2,1H3,(H,23,24,27)/t18-/m0/s1. The zero-order chi connectivity index (χ0) is 22.2. The van der Waals surface area contributed by atoms with Gasteiger partial charge in [0.25, 0.3) is 11.5 Å². The van der Waals surface area contributed by atoms with Crippen LogP contribution in [-0.4, -0.2) is 52.3 Å². The van der Waals surface area contributed by atoms with Gasteiger partial charge < -0.3 is 9.88 Å². The third-order valence-electron chi connectivity index (χ3n) is 5.98. The third-order valence-corrected chi connectivity index (χ3v) is 7.81. The largest absolute Gasteiger partial charge is 0.328 e. The van der Waals surface area contributed by atoms with Gasteiger partial charge in [-0.15, -0.1) is 0 Å². The fraction of sp³-hybridized carbons (Fsp3) is 0.476. The van der Waals surface area contributed by atoms with E-state index in [1.165, 1.54) is 28.6 Å². The molecule has 0 bridgehead atoms. The van der Waals surface area contributed by atoms with Gasteiger partial charge in [-0.05, 0) is 50.5 Å². The van der Waals surface area contributed by atoms with E-state index in [9.17, 15) is 22.4 Å². The first-order valence-electron chi connectivity index (χ1n) is 10.5. The number of carbonyl (C=O) groups excluding carboxylic acids is 1. The van der Waals surface area contributed by atoms with Crippen molar-refractivity contribution < 1.29 is 17.6 Å². The molecule has 4 rings (SSSR count). The number of rotatable bonds is 4. The third kappa shape index (κ3) is 4.27. The van der Waals surface area contributed by atoms with Crippen molar-refractivity contribution in [1.82, 2.24) is 19.2 Å². The second-order valence-corrected chi connectivity index (χ2v) is 10.1. The highest BCUT2D eigenvalue weighted by atomic mass is 32.2. The summed E-state index contributed by atoms with van der Waals surface area (Å²) in [6.45, 7) is 2.38. The number of fused-ring (bicyclic) bond motifs is 1. The molecule has 1 aromatic heterocycles. The zero-order valence-electron chi connectivity index (χ0n) is 17.3. The average molecular weight is 449 g/mol. The highest BCUT2D eigenvalue weighted by molar-refractivity contribution is 7.89. The molecular weight excluding hydrogens is 423 g/mol. The summed E-state index contributed by atoms with van der Waals surface area (Å²) in [6.07, 6.45) is 2.73. The maximum absolute atomic E-state index is 13.2. The predicted molar refractivity (Wildman–Crippen MR) is 112 cm³/mol. The lowest BCUT2D eigenvalue weighted by molar-refractivity contribution is 0.0598. The van der Waals surface area contributed by atoms with Gasteiger partial charge in [0.05, 0.1) is 23.1 Å². The molecule has 8 nitrogen and oxygen atoms in total. The Labute approximate surface area is 180 Å². The molecule has 1 atom stereocenters. The van der Waals surface area contributed by atoms with Crippen molar-refractivity contribution in [2.75, 3.05) is 18.8 Å². The summed E-state index contributed by atoms with van der Waals surface area (Å²) in [6, 6.07) is 5.02. The molecule has 1 amide bonds. The van der Waals surface area contributed by atoms with E-state index in [-0.39, 0.29) is 36.4 Å². The quantitative estimate of drug-likeness (QED) is 0.770. The second-order valence-electron chi connectivity index (χ2n) is 7.88. The first-order chi connectivity index (χ1) is 14.8. The number of nitrogens with one attached hydrogen (secondary N) is 1. The van der Waals surface area contributed by atoms with Crippen LogP contribution in [0.3, 0.4) is 0 Å². The Kier molecular flexibility index (Phi) is 5.94. The van der Waals surface area contributed by atoms with Crippen molar-refractivity contribution in [2.45, 2.75) is 45.2 Å². The molecule has 1 N–H and O–H groups in total. The number of hydrogen-bond acceptors (Lipinski definition) is 5. The number of likely N-dealkylation sites (tertiary alicyclic amines) is 1. The normalized spacial score (nSPS) is 19.8. The molecule has 2 aliphatic rings. The highest BCUT2D eigenvalue weighted by Crippen LogP contribution is 2.31. The molecule has 2 aliphatic heterocycles. The van der Waals surface area contributed by atoms with Crippen LogP contribution >= 0.6 is 0 Å². The number of nitrogens with zero attached hydrogens (tertiary/aromatic N) is 3. The predicted octanol–water partition coefficient (Wildman–Crippen LogP) is 1.98. The van der Waals surface area contributed by atoms with Gasteiger partial charge in [-0.3, -0.25) is 9.59 Å². The first-order valence-corrected chi connectivity index (χ1v) is 12.1. The van der Waals surface area contributed by atoms with Crippen LogP contribution in [0.25, 0.3) is 0 Å². The van der Waals surface area contributed by atoms with Crippen LogP contribution in [0.2, 0.25) is 0 Å². The fourth-order valence-electron chi connectivity index (χ4n) is 4.21. The van der Waals surface area contributed by atoms with Crippen LogP contribution in [0.15, 0.2) is 29.1 Å². The molecule has 0 saturated carbocycles. The number of benzene rings is 1. The van der Waals surface area contributed by atoms with Crippen molar-refractivity contribution in [3.63, 3.8) is 0 Å². The highest BCUT2D eigenvalue weighted by Gasteiger charge is 2.33. The maximum atomic E-state index is 13.2. The minimum absolute atomic E-state index is 0.0109. The zero-order valence-corrected chi connectivity index (χ0v) is 18.1. The van der Waals surface area contributed by atoms with Gasteiger partial charge >= 0.3 is 0 Å². The molecule has 3 heterocycles. The van der Waals surface area contributed by atoms with Crippen molar-refractivity contribution in [2.24, 2.45) is 0 Å². The first kappa shape index (κ1) is 21.6. The number of aromatic nitrogens is 2. The van der Waals surface area contributed by atoms with E-state index < -0.39 is 15.8 Å². The number of carbonyl (C=O) groups is 1. The Bertz CT molecular complexity index is 1150. The number of amides is 1. The molecule has 1 saturated heterocycles. The topological polar surface area (TPSA) is 103 Å². The number of piperidine rings is 1. The minimum atomic E-state index is -3.39. The van der Waals surface area contributed by atoms with Gasteiger partial charge in [0, 0.05) is 31.6 Å². The van der Waals surface area contributed by atoms with Gasteiger partial charge in [0.1, 0.15) is 11.6 Å². The lowest BCUT2D eigenvalue weighted by atomic mass is 9.99.